The molecule has 6 heterocycles. The summed E-state index contributed by atoms with van der Waals surface area (Å²) in [5, 5.41) is 19.9. The van der Waals surface area contributed by atoms with Gasteiger partial charge in [-0.25, -0.2) is 5.43 Å². The number of esters is 1. The van der Waals surface area contributed by atoms with E-state index < -0.39 is 41.3 Å². The fraction of sp³-hybridized carbons (Fsp3) is 0.547. The van der Waals surface area contributed by atoms with Gasteiger partial charge in [-0.15, -0.1) is 0 Å². The van der Waals surface area contributed by atoms with Gasteiger partial charge >= 0.3 is 5.97 Å². The highest BCUT2D eigenvalue weighted by Gasteiger charge is 2.57. The van der Waals surface area contributed by atoms with Crippen LogP contribution < -0.4 is 16.1 Å². The predicted octanol–water partition coefficient (Wildman–Crippen LogP) is 5.15. The lowest BCUT2D eigenvalue weighted by Gasteiger charge is -2.59. The third kappa shape index (κ3) is 9.47. The van der Waals surface area contributed by atoms with Gasteiger partial charge in [-0.1, -0.05) is 39.8 Å². The lowest BCUT2D eigenvalue weighted by atomic mass is 9.57. The fourth-order valence-corrected chi connectivity index (χ4v) is 11.5. The second-order valence-corrected chi connectivity index (χ2v) is 21.4. The molecule has 9 rings (SSSR count). The summed E-state index contributed by atoms with van der Waals surface area (Å²) >= 11 is 0. The first-order chi connectivity index (χ1) is 32.9. The monoisotopic (exact) mass is 945 g/mol. The molecular weight excluding hydrogens is 877 g/mol. The van der Waals surface area contributed by atoms with Gasteiger partial charge in [-0.05, 0) is 111 Å². The molecule has 1 aliphatic carbocycles. The van der Waals surface area contributed by atoms with E-state index in [4.69, 9.17) is 14.5 Å². The highest BCUT2D eigenvalue weighted by Crippen LogP contribution is 2.53. The minimum atomic E-state index is -1.14. The lowest BCUT2D eigenvalue weighted by molar-refractivity contribution is -0.166. The van der Waals surface area contributed by atoms with Crippen LogP contribution in [0.5, 0.6) is 5.75 Å². The van der Waals surface area contributed by atoms with Crippen LogP contribution in [0.15, 0.2) is 54.7 Å². The maximum absolute atomic E-state index is 14.8. The van der Waals surface area contributed by atoms with E-state index in [0.717, 1.165) is 44.5 Å². The van der Waals surface area contributed by atoms with Gasteiger partial charge in [0.1, 0.15) is 23.9 Å². The number of methoxy groups -OCH3 is 1. The number of carbonyl (C=O) groups is 5. The molecule has 368 valence electrons. The maximum atomic E-state index is 14.8. The Balaban J connectivity index is 1.05. The Labute approximate surface area is 404 Å². The highest BCUT2D eigenvalue weighted by molar-refractivity contribution is 5.96. The van der Waals surface area contributed by atoms with Crippen molar-refractivity contribution >= 4 is 40.5 Å². The van der Waals surface area contributed by atoms with Crippen molar-refractivity contribution in [1.29, 1.82) is 0 Å². The van der Waals surface area contributed by atoms with Crippen LogP contribution in [0.25, 0.3) is 33.3 Å². The van der Waals surface area contributed by atoms with Crippen LogP contribution in [0.2, 0.25) is 0 Å². The zero-order chi connectivity index (χ0) is 49.1. The minimum Gasteiger partial charge on any atom is -0.508 e. The topological polar surface area (TPSA) is 198 Å². The lowest BCUT2D eigenvalue weighted by Crippen LogP contribution is -2.67. The molecule has 16 nitrogen and oxygen atoms in total. The van der Waals surface area contributed by atoms with Crippen LogP contribution in [0.4, 0.5) is 0 Å². The van der Waals surface area contributed by atoms with Gasteiger partial charge in [-0.3, -0.25) is 34.0 Å². The number of aromatic hydroxyl groups is 1. The SMILES string of the molecule is CCn1c(-c2cccnc2[C@H](C)OC)c2c3cc(ccc31)-c1cc(O)cc(c1)C[C@H](NC(=O)C(C(C)C)N(C)C(=O)C1CC3(C1)CN(C(=O)[C@@H]1CN1)C3)C(=O)N1CCC[C@H](N1)C(=O)OCC(C)(C)C2. The Morgan fingerprint density at radius 3 is 2.51 bits per heavy atom. The number of hydrogen-bond donors (Lipinski definition) is 4. The number of carbonyl (C=O) groups excluding carboxylic acids is 5. The molecule has 16 heteroatoms. The first-order valence-corrected chi connectivity index (χ1v) is 24.7. The molecule has 4 aliphatic heterocycles. The van der Waals surface area contributed by atoms with E-state index >= 15 is 0 Å². The molecule has 4 N–H and O–H groups in total. The largest absolute Gasteiger partial charge is 0.508 e. The average Bonchev–Trinajstić information content (AvgIpc) is 4.11. The van der Waals surface area contributed by atoms with E-state index in [0.29, 0.717) is 70.4 Å². The van der Waals surface area contributed by atoms with Crippen LogP contribution in [0.1, 0.15) is 90.2 Å². The molecule has 6 bridgehead atoms. The molecule has 3 saturated heterocycles. The molecule has 4 aromatic rings. The number of benzene rings is 2. The number of pyridine rings is 1. The minimum absolute atomic E-state index is 0.00183. The number of phenolic OH excluding ortho intramolecular Hbond substituents is 1. The third-order valence-corrected chi connectivity index (χ3v) is 15.1. The zero-order valence-electron chi connectivity index (χ0n) is 41.3. The van der Waals surface area contributed by atoms with Gasteiger partial charge in [0, 0.05) is 92.7 Å². The molecule has 0 radical (unpaired) electrons. The van der Waals surface area contributed by atoms with E-state index in [1.807, 2.05) is 43.9 Å². The maximum Gasteiger partial charge on any atom is 0.324 e. The van der Waals surface area contributed by atoms with E-state index in [-0.39, 0.29) is 60.0 Å². The van der Waals surface area contributed by atoms with Crippen molar-refractivity contribution in [3.8, 4) is 28.1 Å². The summed E-state index contributed by atoms with van der Waals surface area (Å²) in [6, 6.07) is 12.6. The summed E-state index contributed by atoms with van der Waals surface area (Å²) < 4.78 is 14.2. The second kappa shape index (κ2) is 18.8. The summed E-state index contributed by atoms with van der Waals surface area (Å²) in [6.07, 6.45) is 4.34. The van der Waals surface area contributed by atoms with Crippen molar-refractivity contribution in [3.63, 3.8) is 0 Å². The van der Waals surface area contributed by atoms with Crippen LogP contribution in [0, 0.1) is 22.7 Å². The number of hydrazine groups is 1. The van der Waals surface area contributed by atoms with Crippen LogP contribution in [0.3, 0.4) is 0 Å². The number of fused-ring (bicyclic) bond motifs is 6. The standard InChI is InChI=1S/C53H68N8O8/c1-9-60-43-15-14-33-22-38(43)39(46(60)37-12-10-16-54-44(37)31(4)68-8)25-52(5,6)29-69-51(67)40-13-11-17-61(57-40)50(66)41(20-32-18-34(33)21-36(62)19-32)56-47(63)45(30(2)3)58(7)48(64)35-23-53(24-35)27-59(28-53)49(65)42-26-55-42/h10,12,14-16,18-19,21-22,30-31,35,40-42,45,55,57,62H,9,11,13,17,20,23-29H2,1-8H3,(H,56,63)/t31-,40-,41-,42-,45?/m0/s1. The molecule has 4 fully saturated rings. The van der Waals surface area contributed by atoms with Crippen molar-refractivity contribution in [3.05, 3.63) is 71.5 Å². The van der Waals surface area contributed by atoms with Crippen molar-refractivity contribution < 1.29 is 38.6 Å². The average molecular weight is 945 g/mol. The van der Waals surface area contributed by atoms with Crippen molar-refractivity contribution in [2.75, 3.05) is 46.9 Å². The molecule has 1 saturated carbocycles. The smallest absolute Gasteiger partial charge is 0.324 e. The number of nitrogens with zero attached hydrogens (tertiary/aromatic N) is 5. The number of aryl methyl sites for hydroxylation is 1. The molecule has 4 amide bonds. The van der Waals surface area contributed by atoms with Gasteiger partial charge in [0.15, 0.2) is 0 Å². The third-order valence-electron chi connectivity index (χ3n) is 15.1. The number of cyclic esters (lactones) is 1. The van der Waals surface area contributed by atoms with Crippen molar-refractivity contribution in [2.24, 2.45) is 22.7 Å². The molecule has 1 unspecified atom stereocenters. The Morgan fingerprint density at radius 1 is 1.06 bits per heavy atom. The van der Waals surface area contributed by atoms with Crippen LogP contribution >= 0.6 is 0 Å². The molecule has 5 aliphatic rings. The number of nitrogens with one attached hydrogen (secondary N) is 3. The molecule has 2 aromatic carbocycles. The first-order valence-electron chi connectivity index (χ1n) is 24.7. The number of ether oxygens (including phenoxy) is 2. The number of hydrogen-bond acceptors (Lipinski definition) is 11. The van der Waals surface area contributed by atoms with Gasteiger partial charge < -0.3 is 39.6 Å². The quantitative estimate of drug-likeness (QED) is 0.121. The molecule has 69 heavy (non-hydrogen) atoms. The van der Waals surface area contributed by atoms with Gasteiger partial charge in [-0.2, -0.15) is 0 Å². The summed E-state index contributed by atoms with van der Waals surface area (Å²) in [5.41, 5.74) is 9.58. The first kappa shape index (κ1) is 48.2. The van der Waals surface area contributed by atoms with E-state index in [1.54, 1.807) is 32.5 Å². The molecule has 5 atom stereocenters. The van der Waals surface area contributed by atoms with Crippen LogP contribution in [-0.4, -0.2) is 130 Å². The second-order valence-electron chi connectivity index (χ2n) is 21.4. The van der Waals surface area contributed by atoms with E-state index in [1.165, 1.54) is 9.91 Å². The van der Waals surface area contributed by atoms with Gasteiger partial charge in [0.2, 0.25) is 17.7 Å². The Kier molecular flexibility index (Phi) is 13.1. The number of likely N-dealkylation sites (N-methyl/N-ethyl adjacent to an activating group) is 1. The fourth-order valence-electron chi connectivity index (χ4n) is 11.5. The highest BCUT2D eigenvalue weighted by atomic mass is 16.5. The van der Waals surface area contributed by atoms with Crippen LogP contribution in [-0.2, 0) is 52.8 Å². The molecular formula is C53H68N8O8. The van der Waals surface area contributed by atoms with Gasteiger partial charge in [0.25, 0.3) is 5.91 Å². The number of rotatable bonds is 10. The summed E-state index contributed by atoms with van der Waals surface area (Å²) in [5.74, 6) is -1.97. The number of phenols is 1. The summed E-state index contributed by atoms with van der Waals surface area (Å²) in [6.45, 7) is 15.1. The normalized spacial score (nSPS) is 23.1. The van der Waals surface area contributed by atoms with Gasteiger partial charge in [0.05, 0.1) is 30.1 Å². The Hall–Kier alpha value is -5.84. The van der Waals surface area contributed by atoms with E-state index in [2.05, 4.69) is 59.6 Å². The number of aromatic nitrogens is 2. The zero-order valence-corrected chi connectivity index (χ0v) is 41.3. The van der Waals surface area contributed by atoms with Crippen molar-refractivity contribution in [2.45, 2.75) is 117 Å². The summed E-state index contributed by atoms with van der Waals surface area (Å²) in [4.78, 5) is 78.2. The summed E-state index contributed by atoms with van der Waals surface area (Å²) in [7, 11) is 3.33. The molecule has 1 spiro atoms. The Morgan fingerprint density at radius 2 is 1.81 bits per heavy atom. The Bertz CT molecular complexity index is 2660. The van der Waals surface area contributed by atoms with E-state index in [9.17, 15) is 29.1 Å². The number of amides is 4. The molecule has 2 aromatic heterocycles. The number of likely N-dealkylation sites (tertiary alicyclic amines) is 1. The predicted molar refractivity (Wildman–Crippen MR) is 260 cm³/mol. The van der Waals surface area contributed by atoms with Crippen molar-refractivity contribution in [1.82, 2.24) is 40.4 Å².